The molecule has 2 amide bonds. The van der Waals surface area contributed by atoms with E-state index >= 15 is 0 Å². The van der Waals surface area contributed by atoms with Crippen LogP contribution in [0.4, 0.5) is 5.69 Å². The lowest BCUT2D eigenvalue weighted by atomic mass is 10.1. The molecular formula is C24H30N2O4S2. The third-order valence-electron chi connectivity index (χ3n) is 4.49. The van der Waals surface area contributed by atoms with E-state index in [1.807, 2.05) is 54.6 Å². The Balaban J connectivity index is 1.50. The molecule has 0 saturated heterocycles. The van der Waals surface area contributed by atoms with Crippen LogP contribution < -0.4 is 15.4 Å². The van der Waals surface area contributed by atoms with E-state index in [1.54, 1.807) is 28.7 Å². The zero-order valence-electron chi connectivity index (χ0n) is 18.2. The first-order valence-corrected chi connectivity index (χ1v) is 12.9. The Morgan fingerprint density at radius 3 is 2.41 bits per heavy atom. The van der Waals surface area contributed by atoms with E-state index < -0.39 is 0 Å². The molecule has 172 valence electrons. The summed E-state index contributed by atoms with van der Waals surface area (Å²) in [5.74, 6) is 2.25. The van der Waals surface area contributed by atoms with E-state index in [0.717, 1.165) is 47.6 Å². The van der Waals surface area contributed by atoms with Crippen LogP contribution in [0.25, 0.3) is 0 Å². The maximum absolute atomic E-state index is 12.3. The van der Waals surface area contributed by atoms with E-state index in [-0.39, 0.29) is 11.8 Å². The predicted octanol–water partition coefficient (Wildman–Crippen LogP) is 4.99. The summed E-state index contributed by atoms with van der Waals surface area (Å²) < 4.78 is 5.12. The number of anilines is 1. The molecular weight excluding hydrogens is 444 g/mol. The van der Waals surface area contributed by atoms with Crippen LogP contribution in [-0.4, -0.2) is 42.1 Å². The molecule has 0 spiro atoms. The smallest absolute Gasteiger partial charge is 0.250 e. The molecule has 0 saturated carbocycles. The second-order valence-electron chi connectivity index (χ2n) is 6.95. The molecule has 3 N–H and O–H groups in total. The summed E-state index contributed by atoms with van der Waals surface area (Å²) >= 11 is 0. The van der Waals surface area contributed by atoms with Gasteiger partial charge < -0.3 is 20.5 Å². The number of unbranched alkanes of at least 4 members (excludes halogenated alkanes) is 1. The summed E-state index contributed by atoms with van der Waals surface area (Å²) in [7, 11) is 5.03. The molecule has 8 heteroatoms. The normalized spacial score (nSPS) is 11.1. The van der Waals surface area contributed by atoms with Gasteiger partial charge in [-0.05, 0) is 42.7 Å². The van der Waals surface area contributed by atoms with Crippen molar-refractivity contribution in [3.05, 3.63) is 72.0 Å². The molecule has 0 aliphatic rings. The lowest BCUT2D eigenvalue weighted by Gasteiger charge is -2.09. The van der Waals surface area contributed by atoms with Crippen molar-refractivity contribution in [3.63, 3.8) is 0 Å². The number of ether oxygens (including phenoxy) is 1. The average Bonchev–Trinajstić information content (AvgIpc) is 2.82. The number of nitrogens with one attached hydrogen (secondary N) is 2. The number of hydrogen-bond acceptors (Lipinski definition) is 6. The molecule has 0 fully saturated rings. The van der Waals surface area contributed by atoms with Crippen molar-refractivity contribution in [2.24, 2.45) is 0 Å². The SMILES string of the molecule is COc1ccc(C/C(=C\O)C(=O)NCCSSCCCCC(=O)Nc2ccccc2)cc1. The highest BCUT2D eigenvalue weighted by atomic mass is 33.1. The van der Waals surface area contributed by atoms with Crippen molar-refractivity contribution < 1.29 is 19.4 Å². The van der Waals surface area contributed by atoms with Crippen LogP contribution in [0.5, 0.6) is 5.75 Å². The number of amides is 2. The van der Waals surface area contributed by atoms with Crippen molar-refractivity contribution in [3.8, 4) is 5.75 Å². The number of aliphatic hydroxyl groups excluding tert-OH is 1. The highest BCUT2D eigenvalue weighted by molar-refractivity contribution is 8.76. The van der Waals surface area contributed by atoms with Gasteiger partial charge in [-0.2, -0.15) is 0 Å². The Kier molecular flexibility index (Phi) is 12.2. The van der Waals surface area contributed by atoms with Gasteiger partial charge in [0.15, 0.2) is 0 Å². The highest BCUT2D eigenvalue weighted by Crippen LogP contribution is 2.22. The van der Waals surface area contributed by atoms with E-state index in [1.165, 1.54) is 0 Å². The number of aliphatic hydroxyl groups is 1. The van der Waals surface area contributed by atoms with Gasteiger partial charge in [0.25, 0.3) is 5.91 Å². The zero-order chi connectivity index (χ0) is 23.0. The molecule has 0 radical (unpaired) electrons. The first-order valence-electron chi connectivity index (χ1n) is 10.5. The molecule has 0 heterocycles. The summed E-state index contributed by atoms with van der Waals surface area (Å²) in [6, 6.07) is 16.9. The number of methoxy groups -OCH3 is 1. The topological polar surface area (TPSA) is 87.7 Å². The first kappa shape index (κ1) is 25.7. The van der Waals surface area contributed by atoms with Gasteiger partial charge in [-0.15, -0.1) is 0 Å². The third-order valence-corrected chi connectivity index (χ3v) is 6.99. The van der Waals surface area contributed by atoms with Crippen molar-refractivity contribution in [1.82, 2.24) is 5.32 Å². The molecule has 2 rings (SSSR count). The molecule has 0 unspecified atom stereocenters. The summed E-state index contributed by atoms with van der Waals surface area (Å²) in [5.41, 5.74) is 2.07. The molecule has 2 aromatic rings. The van der Waals surface area contributed by atoms with Crippen molar-refractivity contribution in [1.29, 1.82) is 0 Å². The van der Waals surface area contributed by atoms with Gasteiger partial charge in [0.2, 0.25) is 5.91 Å². The van der Waals surface area contributed by atoms with Gasteiger partial charge in [-0.25, -0.2) is 0 Å². The Labute approximate surface area is 197 Å². The number of carbonyl (C=O) groups excluding carboxylic acids is 2. The van der Waals surface area contributed by atoms with Gasteiger partial charge in [0.1, 0.15) is 5.75 Å². The van der Waals surface area contributed by atoms with Crippen LogP contribution in [0.15, 0.2) is 66.4 Å². The number of benzene rings is 2. The summed E-state index contributed by atoms with van der Waals surface area (Å²) in [5, 5.41) is 15.1. The van der Waals surface area contributed by atoms with Gasteiger partial charge >= 0.3 is 0 Å². The maximum atomic E-state index is 12.3. The largest absolute Gasteiger partial charge is 0.515 e. The Bertz CT molecular complexity index is 858. The molecule has 0 aliphatic heterocycles. The van der Waals surface area contributed by atoms with Crippen LogP contribution in [0.3, 0.4) is 0 Å². The van der Waals surface area contributed by atoms with Gasteiger partial charge in [0, 0.05) is 36.6 Å². The number of carbonyl (C=O) groups is 2. The van der Waals surface area contributed by atoms with Crippen molar-refractivity contribution in [2.75, 3.05) is 30.5 Å². The van der Waals surface area contributed by atoms with E-state index in [2.05, 4.69) is 10.6 Å². The second kappa shape index (κ2) is 15.3. The lowest BCUT2D eigenvalue weighted by Crippen LogP contribution is -2.28. The molecule has 32 heavy (non-hydrogen) atoms. The fraction of sp³-hybridized carbons (Fsp3) is 0.333. The van der Waals surface area contributed by atoms with E-state index in [9.17, 15) is 14.7 Å². The van der Waals surface area contributed by atoms with E-state index in [0.29, 0.717) is 25.0 Å². The predicted molar refractivity (Wildman–Crippen MR) is 134 cm³/mol. The highest BCUT2D eigenvalue weighted by Gasteiger charge is 2.10. The Morgan fingerprint density at radius 1 is 1.00 bits per heavy atom. The second-order valence-corrected chi connectivity index (χ2v) is 9.65. The van der Waals surface area contributed by atoms with Gasteiger partial charge in [-0.1, -0.05) is 51.9 Å². The van der Waals surface area contributed by atoms with Gasteiger partial charge in [-0.3, -0.25) is 9.59 Å². The number of rotatable bonds is 14. The molecule has 0 bridgehead atoms. The van der Waals surface area contributed by atoms with Crippen LogP contribution in [0.2, 0.25) is 0 Å². The molecule has 2 aromatic carbocycles. The Morgan fingerprint density at radius 2 is 1.72 bits per heavy atom. The summed E-state index contributed by atoms with van der Waals surface area (Å²) in [4.78, 5) is 24.1. The fourth-order valence-electron chi connectivity index (χ4n) is 2.78. The average molecular weight is 475 g/mol. The molecule has 0 aliphatic carbocycles. The molecule has 6 nitrogen and oxygen atoms in total. The Hall–Kier alpha value is -2.58. The van der Waals surface area contributed by atoms with Crippen LogP contribution in [-0.2, 0) is 16.0 Å². The minimum absolute atomic E-state index is 0.0407. The van der Waals surface area contributed by atoms with Crippen molar-refractivity contribution in [2.45, 2.75) is 25.7 Å². The van der Waals surface area contributed by atoms with Crippen LogP contribution >= 0.6 is 21.6 Å². The first-order chi connectivity index (χ1) is 15.6. The van der Waals surface area contributed by atoms with Crippen LogP contribution in [0.1, 0.15) is 24.8 Å². The number of para-hydroxylation sites is 1. The standard InChI is InChI=1S/C24H30N2O4S2/c1-30-22-12-10-19(11-13-22)17-20(18-27)24(29)25-14-16-32-31-15-6-5-9-23(28)26-21-7-3-2-4-8-21/h2-4,7-8,10-13,18,27H,5-6,9,14-17H2,1H3,(H,25,29)(H,26,28)/b20-18+. The van der Waals surface area contributed by atoms with Crippen molar-refractivity contribution >= 4 is 39.1 Å². The minimum atomic E-state index is -0.265. The zero-order valence-corrected chi connectivity index (χ0v) is 19.8. The van der Waals surface area contributed by atoms with E-state index in [4.69, 9.17) is 4.74 Å². The minimum Gasteiger partial charge on any atom is -0.515 e. The maximum Gasteiger partial charge on any atom is 0.250 e. The molecule has 0 aromatic heterocycles. The molecule has 0 atom stereocenters. The van der Waals surface area contributed by atoms with Crippen LogP contribution in [0, 0.1) is 0 Å². The van der Waals surface area contributed by atoms with Gasteiger partial charge in [0.05, 0.1) is 18.9 Å². The number of hydrogen-bond donors (Lipinski definition) is 3. The third kappa shape index (κ3) is 10.2. The monoisotopic (exact) mass is 474 g/mol. The quantitative estimate of drug-likeness (QED) is 0.155. The summed E-state index contributed by atoms with van der Waals surface area (Å²) in [6.45, 7) is 0.524. The fourth-order valence-corrected chi connectivity index (χ4v) is 4.83. The lowest BCUT2D eigenvalue weighted by molar-refractivity contribution is -0.118. The summed E-state index contributed by atoms with van der Waals surface area (Å²) in [6.07, 6.45) is 3.55.